The molecule has 0 saturated carbocycles. The largest absolute Gasteiger partial charge is 0.471 e. The fraction of sp³-hybridized carbons (Fsp3) is 0.214. The number of rotatable bonds is 4. The molecular weight excluding hydrogens is 268 g/mol. The topological polar surface area (TPSA) is 116 Å². The summed E-state index contributed by atoms with van der Waals surface area (Å²) in [4.78, 5) is 15.1. The highest BCUT2D eigenvalue weighted by atomic mass is 16.5. The van der Waals surface area contributed by atoms with E-state index < -0.39 is 0 Å². The SMILES string of the molecule is CC(N)c1ccc(COc2nc(N)nc3nc[nH]c23)cc1. The molecule has 1 aromatic carbocycles. The summed E-state index contributed by atoms with van der Waals surface area (Å²) in [6.07, 6.45) is 1.53. The molecule has 7 heteroatoms. The summed E-state index contributed by atoms with van der Waals surface area (Å²) in [5, 5.41) is 0. The van der Waals surface area contributed by atoms with Crippen LogP contribution in [0.2, 0.25) is 0 Å². The number of ether oxygens (including phenoxy) is 1. The number of imidazole rings is 1. The van der Waals surface area contributed by atoms with Crippen molar-refractivity contribution in [2.75, 3.05) is 5.73 Å². The van der Waals surface area contributed by atoms with Gasteiger partial charge in [-0.15, -0.1) is 0 Å². The van der Waals surface area contributed by atoms with Crippen LogP contribution in [0.25, 0.3) is 11.2 Å². The van der Waals surface area contributed by atoms with Crippen LogP contribution in [0.3, 0.4) is 0 Å². The number of hydrogen-bond acceptors (Lipinski definition) is 6. The Labute approximate surface area is 121 Å². The highest BCUT2D eigenvalue weighted by Crippen LogP contribution is 2.21. The normalized spacial score (nSPS) is 12.5. The lowest BCUT2D eigenvalue weighted by Crippen LogP contribution is -2.05. The second-order valence-corrected chi connectivity index (χ2v) is 4.81. The maximum Gasteiger partial charge on any atom is 0.245 e. The molecule has 0 aliphatic heterocycles. The van der Waals surface area contributed by atoms with Gasteiger partial charge >= 0.3 is 0 Å². The van der Waals surface area contributed by atoms with Gasteiger partial charge in [0.2, 0.25) is 11.8 Å². The number of H-pyrrole nitrogens is 1. The van der Waals surface area contributed by atoms with Gasteiger partial charge in [-0.1, -0.05) is 24.3 Å². The first-order chi connectivity index (χ1) is 10.1. The Morgan fingerprint density at radius 1 is 1.24 bits per heavy atom. The van der Waals surface area contributed by atoms with Crippen molar-refractivity contribution in [3.05, 3.63) is 41.7 Å². The number of benzene rings is 1. The molecule has 0 amide bonds. The minimum Gasteiger partial charge on any atom is -0.471 e. The Bertz CT molecular complexity index is 750. The van der Waals surface area contributed by atoms with E-state index in [4.69, 9.17) is 16.2 Å². The Morgan fingerprint density at radius 2 is 2.00 bits per heavy atom. The van der Waals surface area contributed by atoms with E-state index in [2.05, 4.69) is 19.9 Å². The van der Waals surface area contributed by atoms with Crippen LogP contribution < -0.4 is 16.2 Å². The summed E-state index contributed by atoms with van der Waals surface area (Å²) in [5.41, 5.74) is 14.7. The number of anilines is 1. The smallest absolute Gasteiger partial charge is 0.245 e. The van der Waals surface area contributed by atoms with E-state index in [9.17, 15) is 0 Å². The molecule has 0 fully saturated rings. The molecule has 1 atom stereocenters. The fourth-order valence-electron chi connectivity index (χ4n) is 2.00. The minimum atomic E-state index is 0.0197. The standard InChI is InChI=1S/C14H16N6O/c1-8(15)10-4-2-9(3-5-10)6-21-13-11-12(18-7-17-11)19-14(16)20-13/h2-5,7-8H,6,15H2,1H3,(H3,16,17,18,19,20). The molecular formula is C14H16N6O. The molecule has 0 aliphatic rings. The Kier molecular flexibility index (Phi) is 3.41. The van der Waals surface area contributed by atoms with Gasteiger partial charge in [-0.25, -0.2) is 4.98 Å². The third-order valence-corrected chi connectivity index (χ3v) is 3.15. The van der Waals surface area contributed by atoms with Crippen molar-refractivity contribution < 1.29 is 4.74 Å². The van der Waals surface area contributed by atoms with Crippen LogP contribution in [0.1, 0.15) is 24.1 Å². The number of nitrogens with one attached hydrogen (secondary N) is 1. The van der Waals surface area contributed by atoms with Crippen LogP contribution in [-0.4, -0.2) is 19.9 Å². The van der Waals surface area contributed by atoms with Crippen molar-refractivity contribution in [1.82, 2.24) is 19.9 Å². The van der Waals surface area contributed by atoms with E-state index in [1.54, 1.807) is 0 Å². The van der Waals surface area contributed by atoms with Gasteiger partial charge in [-0.2, -0.15) is 9.97 Å². The third kappa shape index (κ3) is 2.77. The molecule has 0 spiro atoms. The number of nitrogens with two attached hydrogens (primary N) is 2. The Hall–Kier alpha value is -2.67. The van der Waals surface area contributed by atoms with Crippen molar-refractivity contribution in [2.24, 2.45) is 5.73 Å². The highest BCUT2D eigenvalue weighted by Gasteiger charge is 2.10. The molecule has 3 rings (SSSR count). The van der Waals surface area contributed by atoms with Gasteiger partial charge in [-0.05, 0) is 18.1 Å². The maximum atomic E-state index is 5.82. The van der Waals surface area contributed by atoms with Crippen LogP contribution in [-0.2, 0) is 6.61 Å². The fourth-order valence-corrected chi connectivity index (χ4v) is 2.00. The number of nitrogen functional groups attached to an aromatic ring is 1. The van der Waals surface area contributed by atoms with Crippen LogP contribution >= 0.6 is 0 Å². The van der Waals surface area contributed by atoms with Gasteiger partial charge in [-0.3, -0.25) is 0 Å². The second-order valence-electron chi connectivity index (χ2n) is 4.81. The van der Waals surface area contributed by atoms with E-state index in [-0.39, 0.29) is 12.0 Å². The van der Waals surface area contributed by atoms with Gasteiger partial charge in [0.1, 0.15) is 12.1 Å². The molecule has 0 saturated heterocycles. The maximum absolute atomic E-state index is 5.82. The average Bonchev–Trinajstić information content (AvgIpc) is 2.93. The summed E-state index contributed by atoms with van der Waals surface area (Å²) >= 11 is 0. The average molecular weight is 284 g/mol. The first-order valence-corrected chi connectivity index (χ1v) is 6.57. The van der Waals surface area contributed by atoms with Gasteiger partial charge in [0.05, 0.1) is 6.33 Å². The van der Waals surface area contributed by atoms with Crippen molar-refractivity contribution >= 4 is 17.1 Å². The summed E-state index contributed by atoms with van der Waals surface area (Å²) < 4.78 is 5.71. The van der Waals surface area contributed by atoms with Crippen molar-refractivity contribution in [3.8, 4) is 5.88 Å². The van der Waals surface area contributed by atoms with Crippen molar-refractivity contribution in [2.45, 2.75) is 19.6 Å². The summed E-state index contributed by atoms with van der Waals surface area (Å²) in [6, 6.07) is 7.96. The van der Waals surface area contributed by atoms with Gasteiger partial charge in [0, 0.05) is 6.04 Å². The summed E-state index contributed by atoms with van der Waals surface area (Å²) in [6.45, 7) is 2.33. The molecule has 108 valence electrons. The lowest BCUT2D eigenvalue weighted by molar-refractivity contribution is 0.297. The number of fused-ring (bicyclic) bond motifs is 1. The van der Waals surface area contributed by atoms with Crippen molar-refractivity contribution in [3.63, 3.8) is 0 Å². The van der Waals surface area contributed by atoms with E-state index in [0.29, 0.717) is 23.7 Å². The number of aromatic amines is 1. The zero-order valence-corrected chi connectivity index (χ0v) is 11.6. The molecule has 0 bridgehead atoms. The van der Waals surface area contributed by atoms with Crippen LogP contribution in [0.4, 0.5) is 5.95 Å². The van der Waals surface area contributed by atoms with Crippen LogP contribution in [0.15, 0.2) is 30.6 Å². The Morgan fingerprint density at radius 3 is 2.71 bits per heavy atom. The summed E-state index contributed by atoms with van der Waals surface area (Å²) in [7, 11) is 0. The molecule has 21 heavy (non-hydrogen) atoms. The molecule has 7 nitrogen and oxygen atoms in total. The zero-order valence-electron chi connectivity index (χ0n) is 11.6. The molecule has 2 aromatic heterocycles. The van der Waals surface area contributed by atoms with Gasteiger partial charge in [0.15, 0.2) is 5.65 Å². The lowest BCUT2D eigenvalue weighted by Gasteiger charge is -2.09. The van der Waals surface area contributed by atoms with E-state index in [1.807, 2.05) is 31.2 Å². The van der Waals surface area contributed by atoms with E-state index in [1.165, 1.54) is 6.33 Å². The zero-order chi connectivity index (χ0) is 14.8. The molecule has 2 heterocycles. The van der Waals surface area contributed by atoms with E-state index >= 15 is 0 Å². The Balaban J connectivity index is 1.78. The van der Waals surface area contributed by atoms with Crippen LogP contribution in [0, 0.1) is 0 Å². The predicted octanol–water partition coefficient (Wildman–Crippen LogP) is 1.53. The van der Waals surface area contributed by atoms with Crippen LogP contribution in [0.5, 0.6) is 5.88 Å². The highest BCUT2D eigenvalue weighted by molar-refractivity contribution is 5.76. The number of hydrogen-bond donors (Lipinski definition) is 3. The second kappa shape index (κ2) is 5.37. The number of aromatic nitrogens is 4. The van der Waals surface area contributed by atoms with Gasteiger partial charge < -0.3 is 21.2 Å². The van der Waals surface area contributed by atoms with Gasteiger partial charge in [0.25, 0.3) is 0 Å². The lowest BCUT2D eigenvalue weighted by atomic mass is 10.1. The first-order valence-electron chi connectivity index (χ1n) is 6.57. The minimum absolute atomic E-state index is 0.0197. The number of nitrogens with zero attached hydrogens (tertiary/aromatic N) is 3. The molecule has 0 aliphatic carbocycles. The van der Waals surface area contributed by atoms with E-state index in [0.717, 1.165) is 11.1 Å². The molecule has 1 unspecified atom stereocenters. The van der Waals surface area contributed by atoms with Crippen molar-refractivity contribution in [1.29, 1.82) is 0 Å². The monoisotopic (exact) mass is 284 g/mol. The predicted molar refractivity (Wildman–Crippen MR) is 79.5 cm³/mol. The first kappa shape index (κ1) is 13.3. The molecule has 3 aromatic rings. The molecule has 0 radical (unpaired) electrons. The summed E-state index contributed by atoms with van der Waals surface area (Å²) in [5.74, 6) is 0.531. The quantitative estimate of drug-likeness (QED) is 0.669. The molecule has 5 N–H and O–H groups in total. The third-order valence-electron chi connectivity index (χ3n) is 3.15.